The summed E-state index contributed by atoms with van der Waals surface area (Å²) in [4.78, 5) is 7.11. The molecule has 0 aliphatic rings. The highest BCUT2D eigenvalue weighted by Gasteiger charge is 1.98. The van der Waals surface area contributed by atoms with Crippen molar-refractivity contribution in [3.63, 3.8) is 0 Å². The van der Waals surface area contributed by atoms with Crippen molar-refractivity contribution >= 4 is 17.3 Å². The van der Waals surface area contributed by atoms with E-state index >= 15 is 0 Å². The van der Waals surface area contributed by atoms with E-state index in [0.29, 0.717) is 6.54 Å². The van der Waals surface area contributed by atoms with Crippen LogP contribution in [0, 0.1) is 0 Å². The van der Waals surface area contributed by atoms with Crippen LogP contribution in [0.4, 0.5) is 5.69 Å². The van der Waals surface area contributed by atoms with Gasteiger partial charge in [0.2, 0.25) is 0 Å². The fourth-order valence-electron chi connectivity index (χ4n) is 1.18. The summed E-state index contributed by atoms with van der Waals surface area (Å²) in [5.41, 5.74) is 0.922. The Morgan fingerprint density at radius 2 is 2.21 bits per heavy atom. The number of H-pyrrole nitrogens is 1. The predicted octanol–water partition coefficient (Wildman–Crippen LogP) is 2.68. The topological polar surface area (TPSA) is 40.7 Å². The van der Waals surface area contributed by atoms with E-state index < -0.39 is 0 Å². The van der Waals surface area contributed by atoms with Gasteiger partial charge in [-0.2, -0.15) is 0 Å². The number of hydrogen-bond donors (Lipinski definition) is 2. The van der Waals surface area contributed by atoms with Gasteiger partial charge in [-0.15, -0.1) is 0 Å². The van der Waals surface area contributed by atoms with Crippen molar-refractivity contribution in [1.82, 2.24) is 9.97 Å². The second kappa shape index (κ2) is 4.15. The first-order valence-corrected chi connectivity index (χ1v) is 4.71. The van der Waals surface area contributed by atoms with Crippen LogP contribution in [0.3, 0.4) is 0 Å². The maximum absolute atomic E-state index is 5.97. The van der Waals surface area contributed by atoms with E-state index in [1.807, 2.05) is 24.3 Å². The van der Waals surface area contributed by atoms with Gasteiger partial charge in [0.15, 0.2) is 0 Å². The van der Waals surface area contributed by atoms with E-state index in [1.54, 1.807) is 12.4 Å². The number of aromatic nitrogens is 2. The molecule has 0 unspecified atom stereocenters. The second-order valence-electron chi connectivity index (χ2n) is 2.87. The molecule has 14 heavy (non-hydrogen) atoms. The predicted molar refractivity (Wildman–Crippen MR) is 57.4 cm³/mol. The van der Waals surface area contributed by atoms with Gasteiger partial charge >= 0.3 is 0 Å². The summed E-state index contributed by atoms with van der Waals surface area (Å²) in [6, 6.07) is 7.63. The van der Waals surface area contributed by atoms with Crippen LogP contribution in [0.1, 0.15) is 5.82 Å². The largest absolute Gasteiger partial charge is 0.377 e. The molecule has 0 aliphatic heterocycles. The number of para-hydroxylation sites is 1. The number of imidazole rings is 1. The molecule has 0 fully saturated rings. The molecule has 0 saturated carbocycles. The van der Waals surface area contributed by atoms with Crippen molar-refractivity contribution in [2.24, 2.45) is 0 Å². The van der Waals surface area contributed by atoms with E-state index in [-0.39, 0.29) is 0 Å². The molecule has 0 radical (unpaired) electrons. The van der Waals surface area contributed by atoms with Gasteiger partial charge in [0.1, 0.15) is 5.82 Å². The number of benzene rings is 1. The Labute approximate surface area is 87.1 Å². The lowest BCUT2D eigenvalue weighted by molar-refractivity contribution is 1.00. The summed E-state index contributed by atoms with van der Waals surface area (Å²) in [5.74, 6) is 0.893. The number of halogens is 1. The van der Waals surface area contributed by atoms with Crippen molar-refractivity contribution in [2.45, 2.75) is 6.54 Å². The van der Waals surface area contributed by atoms with Crippen LogP contribution in [-0.4, -0.2) is 9.97 Å². The molecule has 0 amide bonds. The van der Waals surface area contributed by atoms with Crippen molar-refractivity contribution in [1.29, 1.82) is 0 Å². The standard InChI is InChI=1S/C10H10ClN3/c11-8-3-1-2-4-9(8)14-7-10-12-5-6-13-10/h1-6,14H,7H2,(H,12,13). The molecular weight excluding hydrogens is 198 g/mol. The number of rotatable bonds is 3. The first-order valence-electron chi connectivity index (χ1n) is 4.33. The molecule has 0 spiro atoms. The van der Waals surface area contributed by atoms with Gasteiger partial charge in [0, 0.05) is 12.4 Å². The van der Waals surface area contributed by atoms with Crippen LogP contribution in [0.25, 0.3) is 0 Å². The summed E-state index contributed by atoms with van der Waals surface area (Å²) in [5, 5.41) is 3.91. The molecule has 4 heteroatoms. The van der Waals surface area contributed by atoms with E-state index in [0.717, 1.165) is 16.5 Å². The van der Waals surface area contributed by atoms with Gasteiger partial charge in [-0.1, -0.05) is 23.7 Å². The van der Waals surface area contributed by atoms with E-state index in [4.69, 9.17) is 11.6 Å². The Balaban J connectivity index is 2.02. The third-order valence-electron chi connectivity index (χ3n) is 1.87. The number of anilines is 1. The van der Waals surface area contributed by atoms with Crippen molar-refractivity contribution < 1.29 is 0 Å². The molecule has 72 valence electrons. The maximum Gasteiger partial charge on any atom is 0.125 e. The Morgan fingerprint density at radius 3 is 2.93 bits per heavy atom. The zero-order valence-electron chi connectivity index (χ0n) is 7.50. The fraction of sp³-hybridized carbons (Fsp3) is 0.100. The van der Waals surface area contributed by atoms with E-state index in [2.05, 4.69) is 15.3 Å². The van der Waals surface area contributed by atoms with Gasteiger partial charge in [0.25, 0.3) is 0 Å². The Bertz CT molecular complexity index is 398. The van der Waals surface area contributed by atoms with Gasteiger partial charge in [0.05, 0.1) is 17.3 Å². The average molecular weight is 208 g/mol. The molecule has 0 bridgehead atoms. The third-order valence-corrected chi connectivity index (χ3v) is 2.20. The number of hydrogen-bond acceptors (Lipinski definition) is 2. The number of nitrogens with one attached hydrogen (secondary N) is 2. The van der Waals surface area contributed by atoms with Crippen LogP contribution in [0.15, 0.2) is 36.7 Å². The summed E-state index contributed by atoms with van der Waals surface area (Å²) in [6.45, 7) is 0.650. The lowest BCUT2D eigenvalue weighted by Crippen LogP contribution is -2.01. The smallest absolute Gasteiger partial charge is 0.125 e. The van der Waals surface area contributed by atoms with Crippen LogP contribution >= 0.6 is 11.6 Å². The van der Waals surface area contributed by atoms with Gasteiger partial charge in [-0.3, -0.25) is 0 Å². The summed E-state index contributed by atoms with van der Waals surface area (Å²) in [6.07, 6.45) is 3.52. The molecule has 1 aromatic carbocycles. The SMILES string of the molecule is Clc1ccccc1NCc1ncc[nH]1. The van der Waals surface area contributed by atoms with Crippen molar-refractivity contribution in [3.05, 3.63) is 47.5 Å². The minimum atomic E-state index is 0.650. The van der Waals surface area contributed by atoms with Crippen LogP contribution in [0.5, 0.6) is 0 Å². The lowest BCUT2D eigenvalue weighted by Gasteiger charge is -2.05. The van der Waals surface area contributed by atoms with Crippen LogP contribution in [0.2, 0.25) is 5.02 Å². The van der Waals surface area contributed by atoms with E-state index in [9.17, 15) is 0 Å². The number of nitrogens with zero attached hydrogens (tertiary/aromatic N) is 1. The van der Waals surface area contributed by atoms with Gasteiger partial charge in [-0.05, 0) is 12.1 Å². The Kier molecular flexibility index (Phi) is 2.70. The molecule has 1 heterocycles. The summed E-state index contributed by atoms with van der Waals surface area (Å²) < 4.78 is 0. The highest BCUT2D eigenvalue weighted by Crippen LogP contribution is 2.20. The first-order chi connectivity index (χ1) is 6.86. The molecule has 0 saturated heterocycles. The fourth-order valence-corrected chi connectivity index (χ4v) is 1.38. The summed E-state index contributed by atoms with van der Waals surface area (Å²) in [7, 11) is 0. The highest BCUT2D eigenvalue weighted by molar-refractivity contribution is 6.33. The summed E-state index contributed by atoms with van der Waals surface area (Å²) >= 11 is 5.97. The lowest BCUT2D eigenvalue weighted by atomic mass is 10.3. The molecule has 1 aromatic heterocycles. The monoisotopic (exact) mass is 207 g/mol. The van der Waals surface area contributed by atoms with Crippen molar-refractivity contribution in [3.8, 4) is 0 Å². The Morgan fingerprint density at radius 1 is 1.36 bits per heavy atom. The molecule has 2 N–H and O–H groups in total. The normalized spacial score (nSPS) is 10.1. The molecule has 2 rings (SSSR count). The molecule has 0 aliphatic carbocycles. The van der Waals surface area contributed by atoms with Crippen molar-refractivity contribution in [2.75, 3.05) is 5.32 Å². The van der Waals surface area contributed by atoms with Gasteiger partial charge in [-0.25, -0.2) is 4.98 Å². The zero-order valence-corrected chi connectivity index (χ0v) is 8.25. The molecule has 2 aromatic rings. The molecule has 3 nitrogen and oxygen atoms in total. The molecular formula is C10H10ClN3. The molecule has 0 atom stereocenters. The average Bonchev–Trinajstić information content (AvgIpc) is 2.69. The minimum absolute atomic E-state index is 0.650. The minimum Gasteiger partial charge on any atom is -0.377 e. The van der Waals surface area contributed by atoms with Crippen LogP contribution in [-0.2, 0) is 6.54 Å². The van der Waals surface area contributed by atoms with Gasteiger partial charge < -0.3 is 10.3 Å². The first kappa shape index (κ1) is 9.09. The Hall–Kier alpha value is -1.48. The maximum atomic E-state index is 5.97. The quantitative estimate of drug-likeness (QED) is 0.813. The number of aromatic amines is 1. The van der Waals surface area contributed by atoms with E-state index in [1.165, 1.54) is 0 Å². The second-order valence-corrected chi connectivity index (χ2v) is 3.28. The highest BCUT2D eigenvalue weighted by atomic mass is 35.5. The zero-order chi connectivity index (χ0) is 9.80. The third kappa shape index (κ3) is 2.06. The van der Waals surface area contributed by atoms with Crippen LogP contribution < -0.4 is 5.32 Å².